The third-order valence-electron chi connectivity index (χ3n) is 9.88. The Labute approximate surface area is 226 Å². The first-order valence-corrected chi connectivity index (χ1v) is 14.3. The minimum Gasteiger partial charge on any atom is -0.334 e. The highest BCUT2D eigenvalue weighted by molar-refractivity contribution is 6.09. The molecule has 192 valence electrons. The van der Waals surface area contributed by atoms with E-state index in [-0.39, 0.29) is 16.4 Å². The SMILES string of the molecule is CC(C)(C)c1cc(N2c3ccccc3C3(C)CCCCC23C)cc(-n2c3ccccc3c3ccccc32)c1. The molecule has 2 heterocycles. The van der Waals surface area contributed by atoms with Crippen molar-refractivity contribution in [2.75, 3.05) is 4.90 Å². The Morgan fingerprint density at radius 2 is 1.24 bits per heavy atom. The van der Waals surface area contributed by atoms with Gasteiger partial charge in [-0.1, -0.05) is 95.1 Å². The molecule has 0 amide bonds. The van der Waals surface area contributed by atoms with Crippen molar-refractivity contribution < 1.29 is 0 Å². The van der Waals surface area contributed by atoms with Gasteiger partial charge in [0.05, 0.1) is 16.6 Å². The molecule has 2 heteroatoms. The van der Waals surface area contributed by atoms with Crippen molar-refractivity contribution >= 4 is 33.2 Å². The lowest BCUT2D eigenvalue weighted by atomic mass is 9.61. The Bertz CT molecular complexity index is 1650. The molecule has 1 fully saturated rings. The van der Waals surface area contributed by atoms with Crippen molar-refractivity contribution in [3.8, 4) is 5.69 Å². The molecule has 38 heavy (non-hydrogen) atoms. The molecule has 2 atom stereocenters. The van der Waals surface area contributed by atoms with E-state index in [0.717, 1.165) is 0 Å². The van der Waals surface area contributed by atoms with E-state index in [1.54, 1.807) is 0 Å². The highest BCUT2D eigenvalue weighted by Gasteiger charge is 2.57. The van der Waals surface area contributed by atoms with Crippen LogP contribution in [0.15, 0.2) is 91.0 Å². The lowest BCUT2D eigenvalue weighted by molar-refractivity contribution is 0.195. The van der Waals surface area contributed by atoms with Gasteiger partial charge >= 0.3 is 0 Å². The second-order valence-corrected chi connectivity index (χ2v) is 13.0. The maximum absolute atomic E-state index is 2.72. The largest absolute Gasteiger partial charge is 0.334 e. The Hall–Kier alpha value is -3.52. The number of hydrogen-bond acceptors (Lipinski definition) is 1. The van der Waals surface area contributed by atoms with E-state index in [1.807, 2.05) is 0 Å². The summed E-state index contributed by atoms with van der Waals surface area (Å²) >= 11 is 0. The number of hydrogen-bond donors (Lipinski definition) is 0. The van der Waals surface area contributed by atoms with Crippen LogP contribution in [-0.2, 0) is 10.8 Å². The molecule has 0 radical (unpaired) electrons. The number of para-hydroxylation sites is 3. The normalized spacial score (nSPS) is 23.1. The zero-order chi connectivity index (χ0) is 26.3. The van der Waals surface area contributed by atoms with Gasteiger partial charge in [-0.3, -0.25) is 0 Å². The topological polar surface area (TPSA) is 8.17 Å². The molecule has 1 saturated carbocycles. The van der Waals surface area contributed by atoms with Gasteiger partial charge in [-0.05, 0) is 72.7 Å². The van der Waals surface area contributed by atoms with Crippen LogP contribution in [0.25, 0.3) is 27.5 Å². The molecule has 1 aromatic heterocycles. The van der Waals surface area contributed by atoms with Crippen LogP contribution in [0.3, 0.4) is 0 Å². The Morgan fingerprint density at radius 3 is 1.92 bits per heavy atom. The fraction of sp³-hybridized carbons (Fsp3) is 0.333. The minimum atomic E-state index is 0.0273. The van der Waals surface area contributed by atoms with Crippen LogP contribution in [0.2, 0.25) is 0 Å². The van der Waals surface area contributed by atoms with Crippen molar-refractivity contribution in [3.63, 3.8) is 0 Å². The van der Waals surface area contributed by atoms with Gasteiger partial charge in [0.15, 0.2) is 0 Å². The van der Waals surface area contributed by atoms with E-state index in [9.17, 15) is 0 Å². The quantitative estimate of drug-likeness (QED) is 0.235. The summed E-state index contributed by atoms with van der Waals surface area (Å²) in [4.78, 5) is 2.72. The average Bonchev–Trinajstić information content (AvgIpc) is 3.35. The van der Waals surface area contributed by atoms with Crippen molar-refractivity contribution in [2.45, 2.75) is 76.7 Å². The molecule has 0 bridgehead atoms. The third-order valence-corrected chi connectivity index (χ3v) is 9.88. The monoisotopic (exact) mass is 498 g/mol. The number of anilines is 2. The predicted octanol–water partition coefficient (Wildman–Crippen LogP) is 9.82. The van der Waals surface area contributed by atoms with Gasteiger partial charge in [-0.25, -0.2) is 0 Å². The first-order chi connectivity index (χ1) is 18.2. The minimum absolute atomic E-state index is 0.0273. The number of benzene rings is 4. The Kier molecular flexibility index (Phi) is 4.96. The van der Waals surface area contributed by atoms with E-state index >= 15 is 0 Å². The molecule has 2 nitrogen and oxygen atoms in total. The molecule has 4 aromatic carbocycles. The Morgan fingerprint density at radius 1 is 0.658 bits per heavy atom. The van der Waals surface area contributed by atoms with Crippen LogP contribution in [0.4, 0.5) is 11.4 Å². The Balaban J connectivity index is 1.54. The highest BCUT2D eigenvalue weighted by atomic mass is 15.3. The van der Waals surface area contributed by atoms with Crippen molar-refractivity contribution in [2.24, 2.45) is 0 Å². The van der Waals surface area contributed by atoms with Crippen molar-refractivity contribution in [1.82, 2.24) is 4.57 Å². The molecule has 1 aliphatic heterocycles. The lowest BCUT2D eigenvalue weighted by Crippen LogP contribution is -2.54. The molecule has 0 saturated heterocycles. The summed E-state index contributed by atoms with van der Waals surface area (Å²) < 4.78 is 2.48. The summed E-state index contributed by atoms with van der Waals surface area (Å²) in [7, 11) is 0. The first kappa shape index (κ1) is 23.6. The van der Waals surface area contributed by atoms with Crippen LogP contribution >= 0.6 is 0 Å². The predicted molar refractivity (Wildman–Crippen MR) is 162 cm³/mol. The number of fused-ring (bicyclic) bond motifs is 6. The van der Waals surface area contributed by atoms with Gasteiger partial charge < -0.3 is 9.47 Å². The van der Waals surface area contributed by atoms with Crippen LogP contribution in [0.5, 0.6) is 0 Å². The smallest absolute Gasteiger partial charge is 0.0541 e. The third kappa shape index (κ3) is 3.13. The van der Waals surface area contributed by atoms with E-state index in [1.165, 1.54) is 75.7 Å². The molecular formula is C36H38N2. The van der Waals surface area contributed by atoms with Crippen LogP contribution in [0.1, 0.15) is 71.4 Å². The van der Waals surface area contributed by atoms with E-state index in [2.05, 4.69) is 135 Å². The van der Waals surface area contributed by atoms with Crippen LogP contribution in [0, 0.1) is 0 Å². The second-order valence-electron chi connectivity index (χ2n) is 13.0. The van der Waals surface area contributed by atoms with Crippen LogP contribution < -0.4 is 4.90 Å². The number of nitrogens with zero attached hydrogens (tertiary/aromatic N) is 2. The second kappa shape index (κ2) is 7.99. The summed E-state index contributed by atoms with van der Waals surface area (Å²) in [5.41, 5.74) is 9.58. The van der Waals surface area contributed by atoms with Crippen molar-refractivity contribution in [1.29, 1.82) is 0 Å². The summed E-state index contributed by atoms with van der Waals surface area (Å²) in [6.45, 7) is 12.1. The van der Waals surface area contributed by atoms with E-state index < -0.39 is 0 Å². The number of aromatic nitrogens is 1. The average molecular weight is 499 g/mol. The van der Waals surface area contributed by atoms with Gasteiger partial charge in [0.25, 0.3) is 0 Å². The lowest BCUT2D eigenvalue weighted by Gasteiger charge is -2.50. The fourth-order valence-corrected chi connectivity index (χ4v) is 7.59. The summed E-state index contributed by atoms with van der Waals surface area (Å²) in [5, 5.41) is 2.62. The number of rotatable bonds is 2. The van der Waals surface area contributed by atoms with Gasteiger partial charge in [0.2, 0.25) is 0 Å². The molecular weight excluding hydrogens is 460 g/mol. The molecule has 2 unspecified atom stereocenters. The molecule has 1 aliphatic carbocycles. The summed E-state index contributed by atoms with van der Waals surface area (Å²) in [5.74, 6) is 0. The molecule has 5 aromatic rings. The van der Waals surface area contributed by atoms with Crippen molar-refractivity contribution in [3.05, 3.63) is 102 Å². The molecule has 0 spiro atoms. The van der Waals surface area contributed by atoms with Gasteiger partial charge in [-0.15, -0.1) is 0 Å². The van der Waals surface area contributed by atoms with Gasteiger partial charge in [0, 0.05) is 33.2 Å². The van der Waals surface area contributed by atoms with E-state index in [0.29, 0.717) is 0 Å². The standard InChI is InChI=1S/C36H38N2/c1-34(2,3)25-22-26(37-31-17-9-6-14-28(31)29-15-7-10-18-32(29)37)24-27(23-25)38-33-19-11-8-16-30(33)35(4)20-12-13-21-36(35,38)5/h6-11,14-19,22-24H,12-13,20-21H2,1-5H3. The first-order valence-electron chi connectivity index (χ1n) is 14.3. The zero-order valence-electron chi connectivity index (χ0n) is 23.4. The van der Waals surface area contributed by atoms with Gasteiger partial charge in [-0.2, -0.15) is 0 Å². The summed E-state index contributed by atoms with van der Waals surface area (Å²) in [6, 6.07) is 34.2. The molecule has 2 aliphatic rings. The maximum Gasteiger partial charge on any atom is 0.0541 e. The molecule has 0 N–H and O–H groups in total. The highest BCUT2D eigenvalue weighted by Crippen LogP contribution is 2.61. The van der Waals surface area contributed by atoms with Crippen LogP contribution in [-0.4, -0.2) is 10.1 Å². The summed E-state index contributed by atoms with van der Waals surface area (Å²) in [6.07, 6.45) is 5.05. The molecule has 7 rings (SSSR count). The zero-order valence-corrected chi connectivity index (χ0v) is 23.4. The fourth-order valence-electron chi connectivity index (χ4n) is 7.59. The van der Waals surface area contributed by atoms with Gasteiger partial charge in [0.1, 0.15) is 0 Å². The maximum atomic E-state index is 2.72. The van der Waals surface area contributed by atoms with E-state index in [4.69, 9.17) is 0 Å².